The van der Waals surface area contributed by atoms with Crippen molar-refractivity contribution in [2.75, 3.05) is 13.1 Å². The molecule has 0 aromatic heterocycles. The number of nitrogens with one attached hydrogen (secondary N) is 2. The lowest BCUT2D eigenvalue weighted by Gasteiger charge is -2.18. The summed E-state index contributed by atoms with van der Waals surface area (Å²) < 4.78 is 18.3. The monoisotopic (exact) mass is 338 g/mol. The summed E-state index contributed by atoms with van der Waals surface area (Å²) in [6, 6.07) is 3.97. The number of ether oxygens (including phenoxy) is 1. The Bertz CT molecular complexity index is 461. The smallest absolute Gasteiger partial charge is 0.260 e. The first kappa shape index (κ1) is 20.0. The Labute approximate surface area is 135 Å². The molecule has 4 nitrogen and oxygen atoms in total. The average Bonchev–Trinajstić information content (AvgIpc) is 2.39. The van der Waals surface area contributed by atoms with Gasteiger partial charge in [-0.05, 0) is 38.6 Å². The fourth-order valence-corrected chi connectivity index (χ4v) is 1.84. The van der Waals surface area contributed by atoms with E-state index in [-0.39, 0.29) is 35.1 Å². The van der Waals surface area contributed by atoms with Crippen LogP contribution in [0.4, 0.5) is 4.39 Å². The molecule has 0 aliphatic rings. The Morgan fingerprint density at radius 3 is 2.67 bits per heavy atom. The molecule has 1 aromatic carbocycles. The molecular weight excluding hydrogens is 318 g/mol. The van der Waals surface area contributed by atoms with Gasteiger partial charge in [-0.3, -0.25) is 4.79 Å². The van der Waals surface area contributed by atoms with E-state index in [0.29, 0.717) is 6.54 Å². The van der Waals surface area contributed by atoms with Crippen LogP contribution in [-0.2, 0) is 4.79 Å². The van der Waals surface area contributed by atoms with E-state index in [1.807, 2.05) is 13.8 Å². The molecule has 1 aromatic rings. The predicted molar refractivity (Wildman–Crippen MR) is 84.9 cm³/mol. The van der Waals surface area contributed by atoms with Gasteiger partial charge in [0.05, 0.1) is 5.02 Å². The second-order valence-electron chi connectivity index (χ2n) is 4.54. The van der Waals surface area contributed by atoms with E-state index in [9.17, 15) is 9.18 Å². The number of benzene rings is 1. The lowest BCUT2D eigenvalue weighted by molar-refractivity contribution is -0.127. The highest BCUT2D eigenvalue weighted by molar-refractivity contribution is 6.32. The van der Waals surface area contributed by atoms with Crippen molar-refractivity contribution in [1.82, 2.24) is 10.6 Å². The van der Waals surface area contributed by atoms with Crippen molar-refractivity contribution in [3.05, 3.63) is 29.0 Å². The molecule has 0 aliphatic carbocycles. The maximum absolute atomic E-state index is 12.9. The van der Waals surface area contributed by atoms with Gasteiger partial charge in [-0.1, -0.05) is 18.5 Å². The number of hydrogen-bond acceptors (Lipinski definition) is 3. The van der Waals surface area contributed by atoms with Crippen LogP contribution in [0.1, 0.15) is 20.8 Å². The molecule has 1 rings (SSSR count). The zero-order valence-electron chi connectivity index (χ0n) is 12.3. The molecular formula is C14H21Cl2FN2O2. The SMILES string of the molecule is CCN[C@H](C)CNC(=O)C(C)Oc1ccc(F)cc1Cl.Cl. The lowest BCUT2D eigenvalue weighted by atomic mass is 10.3. The van der Waals surface area contributed by atoms with Crippen LogP contribution in [0, 0.1) is 5.82 Å². The summed E-state index contributed by atoms with van der Waals surface area (Å²) in [6.07, 6.45) is -0.702. The molecule has 0 saturated heterocycles. The standard InChI is InChI=1S/C14H20ClFN2O2.ClH/c1-4-17-9(2)8-18-14(19)10(3)20-13-6-5-11(16)7-12(13)15;/h5-7,9-10,17H,4,8H2,1-3H3,(H,18,19);1H/t9-,10?;/m1./s1. The molecule has 120 valence electrons. The van der Waals surface area contributed by atoms with E-state index in [4.69, 9.17) is 16.3 Å². The third kappa shape index (κ3) is 6.98. The van der Waals surface area contributed by atoms with E-state index in [1.165, 1.54) is 12.1 Å². The number of carbonyl (C=O) groups excluding carboxylic acids is 1. The summed E-state index contributed by atoms with van der Waals surface area (Å²) in [7, 11) is 0. The Kier molecular flexibility index (Phi) is 9.33. The molecule has 0 aliphatic heterocycles. The van der Waals surface area contributed by atoms with Gasteiger partial charge in [0.1, 0.15) is 11.6 Å². The third-order valence-electron chi connectivity index (χ3n) is 2.70. The molecule has 0 heterocycles. The number of likely N-dealkylation sites (N-methyl/N-ethyl adjacent to an activating group) is 1. The molecule has 7 heteroatoms. The van der Waals surface area contributed by atoms with Crippen molar-refractivity contribution in [2.45, 2.75) is 32.9 Å². The maximum Gasteiger partial charge on any atom is 0.260 e. The first-order valence-corrected chi connectivity index (χ1v) is 6.94. The fraction of sp³-hybridized carbons (Fsp3) is 0.500. The Balaban J connectivity index is 0.00000400. The minimum absolute atomic E-state index is 0. The van der Waals surface area contributed by atoms with Gasteiger partial charge >= 0.3 is 0 Å². The number of rotatable bonds is 7. The van der Waals surface area contributed by atoms with Gasteiger partial charge in [0.25, 0.3) is 5.91 Å². The van der Waals surface area contributed by atoms with Crippen molar-refractivity contribution >= 4 is 29.9 Å². The predicted octanol–water partition coefficient (Wildman–Crippen LogP) is 2.78. The molecule has 0 fully saturated rings. The molecule has 0 bridgehead atoms. The minimum Gasteiger partial charge on any atom is -0.479 e. The molecule has 0 radical (unpaired) electrons. The molecule has 1 amide bonds. The van der Waals surface area contributed by atoms with Crippen LogP contribution >= 0.6 is 24.0 Å². The van der Waals surface area contributed by atoms with E-state index in [0.717, 1.165) is 12.6 Å². The normalized spacial score (nSPS) is 13.0. The van der Waals surface area contributed by atoms with E-state index in [1.54, 1.807) is 6.92 Å². The summed E-state index contributed by atoms with van der Waals surface area (Å²) >= 11 is 5.84. The number of carbonyl (C=O) groups is 1. The van der Waals surface area contributed by atoms with Crippen molar-refractivity contribution in [2.24, 2.45) is 0 Å². The third-order valence-corrected chi connectivity index (χ3v) is 3.00. The largest absolute Gasteiger partial charge is 0.479 e. The van der Waals surface area contributed by atoms with Crippen LogP contribution in [0.5, 0.6) is 5.75 Å². The van der Waals surface area contributed by atoms with Crippen LogP contribution in [0.15, 0.2) is 18.2 Å². The van der Waals surface area contributed by atoms with Gasteiger partial charge in [-0.25, -0.2) is 4.39 Å². The maximum atomic E-state index is 12.9. The van der Waals surface area contributed by atoms with Gasteiger partial charge in [-0.15, -0.1) is 12.4 Å². The summed E-state index contributed by atoms with van der Waals surface area (Å²) in [5.41, 5.74) is 0. The molecule has 21 heavy (non-hydrogen) atoms. The van der Waals surface area contributed by atoms with Crippen molar-refractivity contribution < 1.29 is 13.9 Å². The first-order chi connectivity index (χ1) is 9.43. The van der Waals surface area contributed by atoms with E-state index >= 15 is 0 Å². The minimum atomic E-state index is -0.702. The number of hydrogen-bond donors (Lipinski definition) is 2. The van der Waals surface area contributed by atoms with Crippen LogP contribution < -0.4 is 15.4 Å². The van der Waals surface area contributed by atoms with Crippen LogP contribution in [0.2, 0.25) is 5.02 Å². The summed E-state index contributed by atoms with van der Waals surface area (Å²) in [5, 5.41) is 6.11. The second-order valence-corrected chi connectivity index (χ2v) is 4.95. The molecule has 0 saturated carbocycles. The highest BCUT2D eigenvalue weighted by atomic mass is 35.5. The van der Waals surface area contributed by atoms with Crippen LogP contribution in [0.3, 0.4) is 0 Å². The van der Waals surface area contributed by atoms with Gasteiger partial charge < -0.3 is 15.4 Å². The zero-order chi connectivity index (χ0) is 15.1. The van der Waals surface area contributed by atoms with Crippen molar-refractivity contribution in [3.8, 4) is 5.75 Å². The number of halogens is 3. The van der Waals surface area contributed by atoms with Gasteiger partial charge in [0.15, 0.2) is 6.10 Å². The molecule has 1 unspecified atom stereocenters. The zero-order valence-corrected chi connectivity index (χ0v) is 13.9. The Morgan fingerprint density at radius 1 is 1.43 bits per heavy atom. The quantitative estimate of drug-likeness (QED) is 0.803. The van der Waals surface area contributed by atoms with E-state index in [2.05, 4.69) is 10.6 Å². The Hall–Kier alpha value is -1.04. The molecule has 2 N–H and O–H groups in total. The van der Waals surface area contributed by atoms with Crippen molar-refractivity contribution in [3.63, 3.8) is 0 Å². The Morgan fingerprint density at radius 2 is 2.10 bits per heavy atom. The van der Waals surface area contributed by atoms with E-state index < -0.39 is 11.9 Å². The highest BCUT2D eigenvalue weighted by Gasteiger charge is 2.16. The lowest BCUT2D eigenvalue weighted by Crippen LogP contribution is -2.43. The second kappa shape index (κ2) is 9.82. The van der Waals surface area contributed by atoms with Gasteiger partial charge in [-0.2, -0.15) is 0 Å². The van der Waals surface area contributed by atoms with Crippen molar-refractivity contribution in [1.29, 1.82) is 0 Å². The van der Waals surface area contributed by atoms with Gasteiger partial charge in [0, 0.05) is 12.6 Å². The molecule has 2 atom stereocenters. The topological polar surface area (TPSA) is 50.4 Å². The summed E-state index contributed by atoms with van der Waals surface area (Å²) in [5.74, 6) is -0.399. The average molecular weight is 339 g/mol. The highest BCUT2D eigenvalue weighted by Crippen LogP contribution is 2.25. The molecule has 0 spiro atoms. The van der Waals surface area contributed by atoms with Gasteiger partial charge in [0.2, 0.25) is 0 Å². The van der Waals surface area contributed by atoms with Crippen LogP contribution in [0.25, 0.3) is 0 Å². The number of amides is 1. The fourth-order valence-electron chi connectivity index (χ4n) is 1.63. The summed E-state index contributed by atoms with van der Waals surface area (Å²) in [4.78, 5) is 11.9. The van der Waals surface area contributed by atoms with Crippen LogP contribution in [-0.4, -0.2) is 31.1 Å². The summed E-state index contributed by atoms with van der Waals surface area (Å²) in [6.45, 7) is 6.95. The first-order valence-electron chi connectivity index (χ1n) is 6.56.